The number of carbonyl (C=O) groups excluding carboxylic acids is 1. The van der Waals surface area contributed by atoms with Crippen LogP contribution < -0.4 is 10.5 Å². The molecule has 2 N–H and O–H groups in total. The highest BCUT2D eigenvalue weighted by Crippen LogP contribution is 2.21. The third-order valence-corrected chi connectivity index (χ3v) is 3.98. The zero-order valence-electron chi connectivity index (χ0n) is 12.8. The lowest BCUT2D eigenvalue weighted by Crippen LogP contribution is -2.30. The summed E-state index contributed by atoms with van der Waals surface area (Å²) in [4.78, 5) is 14.3. The van der Waals surface area contributed by atoms with Crippen molar-refractivity contribution in [3.05, 3.63) is 54.0 Å². The first-order valence-corrected chi connectivity index (χ1v) is 7.51. The van der Waals surface area contributed by atoms with Gasteiger partial charge in [0.15, 0.2) is 5.76 Å². The second kappa shape index (κ2) is 8.04. The first kappa shape index (κ1) is 17.4. The zero-order valence-corrected chi connectivity index (χ0v) is 13.6. The van der Waals surface area contributed by atoms with Crippen LogP contribution in [0.15, 0.2) is 47.1 Å². The standard InChI is InChI=1S/C17H20N2O3.ClH/c18-10-13-6-8-19(11-13)17(20)16-14(7-9-21-16)12-22-15-4-2-1-3-5-15;/h1-5,7,9,13H,6,8,10-12,18H2;1H. The van der Waals surface area contributed by atoms with Crippen molar-refractivity contribution in [1.29, 1.82) is 0 Å². The van der Waals surface area contributed by atoms with Gasteiger partial charge < -0.3 is 19.8 Å². The fraction of sp³-hybridized carbons (Fsp3) is 0.353. The van der Waals surface area contributed by atoms with Gasteiger partial charge >= 0.3 is 0 Å². The molecule has 6 heteroatoms. The summed E-state index contributed by atoms with van der Waals surface area (Å²) < 4.78 is 11.1. The van der Waals surface area contributed by atoms with Crippen LogP contribution in [0.4, 0.5) is 0 Å². The monoisotopic (exact) mass is 336 g/mol. The number of likely N-dealkylation sites (tertiary alicyclic amines) is 1. The number of halogens is 1. The molecule has 1 aromatic heterocycles. The molecule has 3 rings (SSSR count). The topological polar surface area (TPSA) is 68.7 Å². The number of rotatable bonds is 5. The summed E-state index contributed by atoms with van der Waals surface area (Å²) in [6.45, 7) is 2.37. The predicted molar refractivity (Wildman–Crippen MR) is 89.8 cm³/mol. The van der Waals surface area contributed by atoms with Gasteiger partial charge in [-0.15, -0.1) is 12.4 Å². The van der Waals surface area contributed by atoms with E-state index in [0.29, 0.717) is 31.4 Å². The average molecular weight is 337 g/mol. The summed E-state index contributed by atoms with van der Waals surface area (Å²) >= 11 is 0. The Kier molecular flexibility index (Phi) is 6.07. The number of furan rings is 1. The molecule has 1 aliphatic rings. The number of ether oxygens (including phenoxy) is 1. The Bertz CT molecular complexity index is 630. The fourth-order valence-electron chi connectivity index (χ4n) is 2.67. The van der Waals surface area contributed by atoms with Crippen LogP contribution in [0.2, 0.25) is 0 Å². The summed E-state index contributed by atoms with van der Waals surface area (Å²) in [5, 5.41) is 0. The minimum absolute atomic E-state index is 0. The first-order chi connectivity index (χ1) is 10.8. The number of carbonyl (C=O) groups is 1. The molecule has 0 aliphatic carbocycles. The van der Waals surface area contributed by atoms with E-state index in [1.807, 2.05) is 35.2 Å². The minimum Gasteiger partial charge on any atom is -0.489 e. The molecule has 1 fully saturated rings. The predicted octanol–water partition coefficient (Wildman–Crippen LogP) is 2.70. The number of nitrogens with zero attached hydrogens (tertiary/aromatic N) is 1. The molecule has 1 unspecified atom stereocenters. The van der Waals surface area contributed by atoms with Gasteiger partial charge in [0.1, 0.15) is 12.4 Å². The van der Waals surface area contributed by atoms with Crippen molar-refractivity contribution in [2.24, 2.45) is 11.7 Å². The average Bonchev–Trinajstić information content (AvgIpc) is 3.22. The van der Waals surface area contributed by atoms with E-state index < -0.39 is 0 Å². The highest BCUT2D eigenvalue weighted by molar-refractivity contribution is 5.93. The molecule has 1 aliphatic heterocycles. The van der Waals surface area contributed by atoms with Crippen molar-refractivity contribution >= 4 is 18.3 Å². The van der Waals surface area contributed by atoms with E-state index in [2.05, 4.69) is 0 Å². The molecule has 1 aromatic carbocycles. The van der Waals surface area contributed by atoms with Crippen molar-refractivity contribution in [3.8, 4) is 5.75 Å². The summed E-state index contributed by atoms with van der Waals surface area (Å²) in [6, 6.07) is 11.3. The molecule has 2 aromatic rings. The van der Waals surface area contributed by atoms with Crippen LogP contribution in [0.1, 0.15) is 22.5 Å². The molecule has 0 saturated carbocycles. The molecule has 0 bridgehead atoms. The number of amides is 1. The van der Waals surface area contributed by atoms with Crippen molar-refractivity contribution in [2.45, 2.75) is 13.0 Å². The summed E-state index contributed by atoms with van der Waals surface area (Å²) in [5.74, 6) is 1.45. The Morgan fingerprint density at radius 2 is 2.09 bits per heavy atom. The minimum atomic E-state index is -0.0763. The van der Waals surface area contributed by atoms with E-state index in [0.717, 1.165) is 24.3 Å². The molecule has 0 spiro atoms. The van der Waals surface area contributed by atoms with Crippen LogP contribution in [0.25, 0.3) is 0 Å². The largest absolute Gasteiger partial charge is 0.489 e. The van der Waals surface area contributed by atoms with E-state index >= 15 is 0 Å². The van der Waals surface area contributed by atoms with Gasteiger partial charge in [-0.25, -0.2) is 0 Å². The van der Waals surface area contributed by atoms with Gasteiger partial charge in [0.05, 0.1) is 6.26 Å². The van der Waals surface area contributed by atoms with Crippen molar-refractivity contribution in [2.75, 3.05) is 19.6 Å². The Morgan fingerprint density at radius 3 is 2.78 bits per heavy atom. The van der Waals surface area contributed by atoms with Gasteiger partial charge in [0.2, 0.25) is 0 Å². The number of para-hydroxylation sites is 1. The molecule has 124 valence electrons. The fourth-order valence-corrected chi connectivity index (χ4v) is 2.67. The van der Waals surface area contributed by atoms with Crippen LogP contribution in [0, 0.1) is 5.92 Å². The van der Waals surface area contributed by atoms with E-state index in [1.54, 1.807) is 6.07 Å². The molecule has 1 saturated heterocycles. The SMILES string of the molecule is Cl.NCC1CCN(C(=O)c2occc2COc2ccccc2)C1. The van der Waals surface area contributed by atoms with E-state index in [4.69, 9.17) is 14.9 Å². The lowest BCUT2D eigenvalue weighted by atomic mass is 10.1. The molecular weight excluding hydrogens is 316 g/mol. The summed E-state index contributed by atoms with van der Waals surface area (Å²) in [7, 11) is 0. The lowest BCUT2D eigenvalue weighted by molar-refractivity contribution is 0.0752. The number of benzene rings is 1. The second-order valence-electron chi connectivity index (χ2n) is 5.52. The Balaban J connectivity index is 0.00000192. The maximum absolute atomic E-state index is 12.5. The Labute approximate surface area is 141 Å². The quantitative estimate of drug-likeness (QED) is 0.911. The highest BCUT2D eigenvalue weighted by Gasteiger charge is 2.29. The first-order valence-electron chi connectivity index (χ1n) is 7.51. The van der Waals surface area contributed by atoms with Gasteiger partial charge in [-0.2, -0.15) is 0 Å². The number of hydrogen-bond donors (Lipinski definition) is 1. The van der Waals surface area contributed by atoms with E-state index in [9.17, 15) is 4.79 Å². The molecule has 1 amide bonds. The van der Waals surface area contributed by atoms with Crippen LogP contribution in [-0.4, -0.2) is 30.4 Å². The molecule has 1 atom stereocenters. The van der Waals surface area contributed by atoms with Crippen molar-refractivity contribution in [3.63, 3.8) is 0 Å². The molecule has 2 heterocycles. The van der Waals surface area contributed by atoms with Crippen LogP contribution >= 0.6 is 12.4 Å². The summed E-state index contributed by atoms with van der Waals surface area (Å²) in [6.07, 6.45) is 2.49. The van der Waals surface area contributed by atoms with Crippen LogP contribution in [0.5, 0.6) is 5.75 Å². The maximum Gasteiger partial charge on any atom is 0.289 e. The van der Waals surface area contributed by atoms with E-state index in [-0.39, 0.29) is 18.3 Å². The van der Waals surface area contributed by atoms with Crippen LogP contribution in [-0.2, 0) is 6.61 Å². The third-order valence-electron chi connectivity index (χ3n) is 3.98. The number of nitrogens with two attached hydrogens (primary N) is 1. The zero-order chi connectivity index (χ0) is 15.4. The third kappa shape index (κ3) is 4.06. The van der Waals surface area contributed by atoms with Crippen molar-refractivity contribution < 1.29 is 13.9 Å². The van der Waals surface area contributed by atoms with Gasteiger partial charge in [-0.1, -0.05) is 18.2 Å². The smallest absolute Gasteiger partial charge is 0.289 e. The van der Waals surface area contributed by atoms with Gasteiger partial charge in [0, 0.05) is 18.7 Å². The molecule has 0 radical (unpaired) electrons. The second-order valence-corrected chi connectivity index (χ2v) is 5.52. The van der Waals surface area contributed by atoms with Crippen LogP contribution in [0.3, 0.4) is 0 Å². The molecular formula is C17H21ClN2O3. The Hall–Kier alpha value is -1.98. The Morgan fingerprint density at radius 1 is 1.30 bits per heavy atom. The number of hydrogen-bond acceptors (Lipinski definition) is 4. The van der Waals surface area contributed by atoms with Gasteiger partial charge in [-0.05, 0) is 37.1 Å². The lowest BCUT2D eigenvalue weighted by Gasteiger charge is -2.15. The normalized spacial score (nSPS) is 16.9. The van der Waals surface area contributed by atoms with Gasteiger partial charge in [0.25, 0.3) is 5.91 Å². The molecule has 5 nitrogen and oxygen atoms in total. The van der Waals surface area contributed by atoms with Crippen molar-refractivity contribution in [1.82, 2.24) is 4.90 Å². The maximum atomic E-state index is 12.5. The van der Waals surface area contributed by atoms with E-state index in [1.165, 1.54) is 6.26 Å². The van der Waals surface area contributed by atoms with Gasteiger partial charge in [-0.3, -0.25) is 4.79 Å². The highest BCUT2D eigenvalue weighted by atomic mass is 35.5. The molecule has 23 heavy (non-hydrogen) atoms. The summed E-state index contributed by atoms with van der Waals surface area (Å²) in [5.41, 5.74) is 6.44.